The van der Waals surface area contributed by atoms with Crippen molar-refractivity contribution in [2.24, 2.45) is 5.92 Å². The number of pyridine rings is 1. The SMILES string of the molecule is O=C(C1CN(c2c3c(nc4ccnn24)CCNCC3)C1)N1CCCC1c1ccccn1. The zero-order valence-corrected chi connectivity index (χ0v) is 17.6. The Morgan fingerprint density at radius 1 is 1.10 bits per heavy atom. The van der Waals surface area contributed by atoms with Gasteiger partial charge in [0.05, 0.1) is 29.5 Å². The van der Waals surface area contributed by atoms with Gasteiger partial charge in [0.25, 0.3) is 0 Å². The Balaban J connectivity index is 1.24. The highest BCUT2D eigenvalue weighted by Crippen LogP contribution is 2.36. The van der Waals surface area contributed by atoms with E-state index in [9.17, 15) is 4.79 Å². The molecule has 1 unspecified atom stereocenters. The Kier molecular flexibility index (Phi) is 4.60. The number of hydrogen-bond acceptors (Lipinski definition) is 6. The Bertz CT molecular complexity index is 1110. The van der Waals surface area contributed by atoms with Crippen LogP contribution in [0.4, 0.5) is 5.82 Å². The van der Waals surface area contributed by atoms with E-state index >= 15 is 0 Å². The molecule has 0 aromatic carbocycles. The van der Waals surface area contributed by atoms with Gasteiger partial charge in [-0.05, 0) is 37.9 Å². The second-order valence-corrected chi connectivity index (χ2v) is 8.76. The molecular weight excluding hydrogens is 390 g/mol. The molecule has 3 aromatic heterocycles. The Hall–Kier alpha value is -3.00. The largest absolute Gasteiger partial charge is 0.354 e. The molecule has 8 nitrogen and oxygen atoms in total. The normalized spacial score (nSPS) is 21.7. The van der Waals surface area contributed by atoms with E-state index in [2.05, 4.69) is 25.2 Å². The fourth-order valence-corrected chi connectivity index (χ4v) is 5.29. The zero-order chi connectivity index (χ0) is 20.8. The topological polar surface area (TPSA) is 78.7 Å². The number of amides is 1. The zero-order valence-electron chi connectivity index (χ0n) is 17.6. The summed E-state index contributed by atoms with van der Waals surface area (Å²) in [5.74, 6) is 1.42. The number of nitrogens with zero attached hydrogens (tertiary/aromatic N) is 6. The molecule has 160 valence electrons. The van der Waals surface area contributed by atoms with Crippen LogP contribution in [0.25, 0.3) is 5.65 Å². The minimum Gasteiger partial charge on any atom is -0.354 e. The molecule has 3 aliphatic rings. The van der Waals surface area contributed by atoms with Gasteiger partial charge >= 0.3 is 0 Å². The maximum Gasteiger partial charge on any atom is 0.229 e. The van der Waals surface area contributed by atoms with Crippen LogP contribution in [0.15, 0.2) is 36.7 Å². The summed E-state index contributed by atoms with van der Waals surface area (Å²) in [5.41, 5.74) is 4.34. The van der Waals surface area contributed by atoms with Crippen LogP contribution < -0.4 is 10.2 Å². The number of carbonyl (C=O) groups excluding carboxylic acids is 1. The third-order valence-electron chi connectivity index (χ3n) is 6.88. The molecule has 6 rings (SSSR count). The standard InChI is InChI=1S/C23H27N7O/c31-23(29-13-3-5-20(29)19-4-1-2-9-25-19)16-14-28(15-16)22-17-6-10-24-11-7-18(17)27-21-8-12-26-30(21)22/h1-2,4,8-9,12,16,20,24H,3,5-7,10-11,13-15H2. The smallest absolute Gasteiger partial charge is 0.229 e. The number of fused-ring (bicyclic) bond motifs is 2. The van der Waals surface area contributed by atoms with E-state index in [4.69, 9.17) is 4.98 Å². The summed E-state index contributed by atoms with van der Waals surface area (Å²) in [6.45, 7) is 4.21. The lowest BCUT2D eigenvalue weighted by molar-refractivity contribution is -0.137. The van der Waals surface area contributed by atoms with Gasteiger partial charge in [-0.1, -0.05) is 6.07 Å². The lowest BCUT2D eigenvalue weighted by Crippen LogP contribution is -2.55. The first kappa shape index (κ1) is 18.7. The molecule has 3 aromatic rings. The van der Waals surface area contributed by atoms with Gasteiger partial charge in [-0.25, -0.2) is 4.98 Å². The molecule has 2 fully saturated rings. The van der Waals surface area contributed by atoms with Crippen molar-refractivity contribution in [2.75, 3.05) is 37.6 Å². The van der Waals surface area contributed by atoms with Crippen LogP contribution in [-0.4, -0.2) is 63.1 Å². The maximum absolute atomic E-state index is 13.4. The summed E-state index contributed by atoms with van der Waals surface area (Å²) < 4.78 is 1.96. The van der Waals surface area contributed by atoms with Gasteiger partial charge in [-0.3, -0.25) is 9.78 Å². The Morgan fingerprint density at radius 2 is 2.00 bits per heavy atom. The Morgan fingerprint density at radius 3 is 2.87 bits per heavy atom. The van der Waals surface area contributed by atoms with Crippen molar-refractivity contribution >= 4 is 17.4 Å². The number of rotatable bonds is 3. The molecule has 0 aliphatic carbocycles. The first-order valence-electron chi connectivity index (χ1n) is 11.3. The second-order valence-electron chi connectivity index (χ2n) is 8.76. The molecule has 1 amide bonds. The van der Waals surface area contributed by atoms with Gasteiger partial charge in [0.15, 0.2) is 5.65 Å². The van der Waals surface area contributed by atoms with Gasteiger partial charge in [0.1, 0.15) is 5.82 Å². The Labute approximate surface area is 181 Å². The maximum atomic E-state index is 13.4. The minimum atomic E-state index is 0.0302. The predicted molar refractivity (Wildman–Crippen MR) is 117 cm³/mol. The molecule has 0 spiro atoms. The summed E-state index contributed by atoms with van der Waals surface area (Å²) in [6.07, 6.45) is 7.55. The van der Waals surface area contributed by atoms with Crippen LogP contribution in [0.5, 0.6) is 0 Å². The van der Waals surface area contributed by atoms with Crippen molar-refractivity contribution in [1.29, 1.82) is 0 Å². The first-order valence-corrected chi connectivity index (χ1v) is 11.3. The quantitative estimate of drug-likeness (QED) is 0.698. The highest BCUT2D eigenvalue weighted by Gasteiger charge is 2.41. The fraction of sp³-hybridized carbons (Fsp3) is 0.478. The van der Waals surface area contributed by atoms with Crippen LogP contribution in [-0.2, 0) is 17.6 Å². The van der Waals surface area contributed by atoms with E-state index in [1.54, 1.807) is 0 Å². The number of nitrogens with one attached hydrogen (secondary N) is 1. The third-order valence-corrected chi connectivity index (χ3v) is 6.88. The van der Waals surface area contributed by atoms with Crippen molar-refractivity contribution in [3.05, 3.63) is 53.6 Å². The van der Waals surface area contributed by atoms with E-state index in [1.807, 2.05) is 41.2 Å². The van der Waals surface area contributed by atoms with Gasteiger partial charge < -0.3 is 15.1 Å². The second kappa shape index (κ2) is 7.60. The number of carbonyl (C=O) groups is 1. The minimum absolute atomic E-state index is 0.0302. The summed E-state index contributed by atoms with van der Waals surface area (Å²) in [5, 5.41) is 8.02. The van der Waals surface area contributed by atoms with E-state index in [0.717, 1.165) is 81.3 Å². The van der Waals surface area contributed by atoms with Crippen LogP contribution in [0.2, 0.25) is 0 Å². The van der Waals surface area contributed by atoms with Crippen molar-refractivity contribution < 1.29 is 4.79 Å². The van der Waals surface area contributed by atoms with E-state index in [0.29, 0.717) is 0 Å². The van der Waals surface area contributed by atoms with Crippen LogP contribution in [0.1, 0.15) is 35.8 Å². The van der Waals surface area contributed by atoms with Crippen molar-refractivity contribution in [3.63, 3.8) is 0 Å². The van der Waals surface area contributed by atoms with E-state index in [1.165, 1.54) is 5.56 Å². The van der Waals surface area contributed by atoms with Crippen molar-refractivity contribution in [1.82, 2.24) is 29.8 Å². The van der Waals surface area contributed by atoms with Crippen LogP contribution in [0, 0.1) is 5.92 Å². The lowest BCUT2D eigenvalue weighted by atomic mass is 9.96. The third kappa shape index (κ3) is 3.17. The van der Waals surface area contributed by atoms with Gasteiger partial charge in [0.2, 0.25) is 5.91 Å². The van der Waals surface area contributed by atoms with Crippen molar-refractivity contribution in [3.8, 4) is 0 Å². The summed E-state index contributed by atoms with van der Waals surface area (Å²) in [6, 6.07) is 8.05. The van der Waals surface area contributed by atoms with Crippen LogP contribution >= 0.6 is 0 Å². The van der Waals surface area contributed by atoms with E-state index < -0.39 is 0 Å². The molecular formula is C23H27N7O. The highest BCUT2D eigenvalue weighted by atomic mass is 16.2. The van der Waals surface area contributed by atoms with Gasteiger partial charge in [0, 0.05) is 50.4 Å². The molecule has 8 heteroatoms. The molecule has 31 heavy (non-hydrogen) atoms. The summed E-state index contributed by atoms with van der Waals surface area (Å²) in [7, 11) is 0. The molecule has 0 bridgehead atoms. The first-order chi connectivity index (χ1) is 15.3. The van der Waals surface area contributed by atoms with Gasteiger partial charge in [-0.2, -0.15) is 9.61 Å². The highest BCUT2D eigenvalue weighted by molar-refractivity contribution is 5.83. The average molecular weight is 418 g/mol. The molecule has 0 radical (unpaired) electrons. The predicted octanol–water partition coefficient (Wildman–Crippen LogP) is 1.61. The van der Waals surface area contributed by atoms with Crippen molar-refractivity contribution in [2.45, 2.75) is 31.7 Å². The van der Waals surface area contributed by atoms with E-state index in [-0.39, 0.29) is 17.9 Å². The summed E-state index contributed by atoms with van der Waals surface area (Å²) in [4.78, 5) is 27.1. The van der Waals surface area contributed by atoms with Gasteiger partial charge in [-0.15, -0.1) is 0 Å². The molecule has 1 N–H and O–H groups in total. The number of aromatic nitrogens is 4. The lowest BCUT2D eigenvalue weighted by Gasteiger charge is -2.43. The number of anilines is 1. The molecule has 1 atom stereocenters. The number of hydrogen-bond donors (Lipinski definition) is 1. The molecule has 3 aliphatic heterocycles. The molecule has 6 heterocycles. The summed E-state index contributed by atoms with van der Waals surface area (Å²) >= 11 is 0. The monoisotopic (exact) mass is 417 g/mol. The average Bonchev–Trinajstić information content (AvgIpc) is 3.38. The molecule has 0 saturated carbocycles. The van der Waals surface area contributed by atoms with Crippen LogP contribution in [0.3, 0.4) is 0 Å². The molecule has 2 saturated heterocycles. The number of likely N-dealkylation sites (tertiary alicyclic amines) is 1. The fourth-order valence-electron chi connectivity index (χ4n) is 5.29.